The molecule has 13 rings (SSSR count). The smallest absolute Gasteiger partial charge is 0.252 e. The molecule has 0 bridgehead atoms. The highest BCUT2D eigenvalue weighted by Crippen LogP contribution is 2.60. The molecule has 0 radical (unpaired) electrons. The molecule has 0 atom stereocenters. The second-order valence-corrected chi connectivity index (χ2v) is 17.0. The fourth-order valence-corrected chi connectivity index (χ4v) is 12.7. The molecule has 2 nitrogen and oxygen atoms in total. The lowest BCUT2D eigenvalue weighted by atomic mass is 9.32. The number of hydrogen-bond donors (Lipinski definition) is 0. The van der Waals surface area contributed by atoms with Gasteiger partial charge in [0.05, 0.1) is 0 Å². The van der Waals surface area contributed by atoms with Gasteiger partial charge in [-0.3, -0.25) is 0 Å². The van der Waals surface area contributed by atoms with Crippen molar-refractivity contribution in [1.29, 1.82) is 0 Å². The van der Waals surface area contributed by atoms with Crippen LogP contribution in [0.5, 0.6) is 0 Å². The van der Waals surface area contributed by atoms with Crippen LogP contribution in [0.2, 0.25) is 0 Å². The molecular formula is C52H41BN2. The molecule has 2 fully saturated rings. The van der Waals surface area contributed by atoms with Crippen LogP contribution in [-0.2, 0) is 10.8 Å². The largest absolute Gasteiger partial charge is 0.311 e. The Morgan fingerprint density at radius 1 is 0.382 bits per heavy atom. The fourth-order valence-electron chi connectivity index (χ4n) is 12.7. The summed E-state index contributed by atoms with van der Waals surface area (Å²) in [4.78, 5) is 5.19. The lowest BCUT2D eigenvalue weighted by molar-refractivity contribution is 0.550. The van der Waals surface area contributed by atoms with Gasteiger partial charge >= 0.3 is 0 Å². The van der Waals surface area contributed by atoms with Crippen molar-refractivity contribution in [3.8, 4) is 22.3 Å². The molecule has 0 aromatic heterocycles. The lowest BCUT2D eigenvalue weighted by Crippen LogP contribution is -2.62. The quantitative estimate of drug-likeness (QED) is 0.165. The molecule has 0 saturated heterocycles. The van der Waals surface area contributed by atoms with E-state index in [1.807, 2.05) is 0 Å². The van der Waals surface area contributed by atoms with E-state index in [2.05, 4.69) is 161 Å². The first-order chi connectivity index (χ1) is 27.3. The number of nitrogens with zero attached hydrogens (tertiary/aromatic N) is 2. The molecule has 4 aliphatic carbocycles. The van der Waals surface area contributed by atoms with Gasteiger partial charge in [0.25, 0.3) is 6.71 Å². The summed E-state index contributed by atoms with van der Waals surface area (Å²) < 4.78 is 0. The molecule has 0 amide bonds. The summed E-state index contributed by atoms with van der Waals surface area (Å²) in [5.41, 5.74) is 24.1. The number of fused-ring (bicyclic) bond motifs is 15. The molecule has 6 aliphatic rings. The number of benzene rings is 7. The Balaban J connectivity index is 1.10. The van der Waals surface area contributed by atoms with Crippen molar-refractivity contribution in [2.75, 3.05) is 9.80 Å². The van der Waals surface area contributed by atoms with Crippen molar-refractivity contribution in [3.05, 3.63) is 174 Å². The van der Waals surface area contributed by atoms with Gasteiger partial charge in [-0.1, -0.05) is 129 Å². The number of para-hydroxylation sites is 2. The Morgan fingerprint density at radius 2 is 0.945 bits per heavy atom. The summed E-state index contributed by atoms with van der Waals surface area (Å²) in [6, 6.07) is 58.6. The van der Waals surface area contributed by atoms with Gasteiger partial charge in [-0.05, 0) is 135 Å². The maximum absolute atomic E-state index is 2.61. The monoisotopic (exact) mass is 704 g/mol. The first-order valence-electron chi connectivity index (χ1n) is 20.7. The van der Waals surface area contributed by atoms with Crippen LogP contribution in [0.15, 0.2) is 152 Å². The van der Waals surface area contributed by atoms with Crippen LogP contribution >= 0.6 is 0 Å². The maximum atomic E-state index is 2.61. The van der Waals surface area contributed by atoms with Gasteiger partial charge in [0.2, 0.25) is 0 Å². The molecular weight excluding hydrogens is 663 g/mol. The third-order valence-corrected chi connectivity index (χ3v) is 14.7. The van der Waals surface area contributed by atoms with E-state index in [4.69, 9.17) is 0 Å². The van der Waals surface area contributed by atoms with Crippen LogP contribution in [0.4, 0.5) is 34.1 Å². The summed E-state index contributed by atoms with van der Waals surface area (Å²) in [7, 11) is 0. The zero-order valence-electron chi connectivity index (χ0n) is 31.1. The molecule has 3 heteroatoms. The van der Waals surface area contributed by atoms with E-state index < -0.39 is 0 Å². The van der Waals surface area contributed by atoms with Crippen LogP contribution in [0.25, 0.3) is 22.3 Å². The van der Waals surface area contributed by atoms with Gasteiger partial charge in [-0.15, -0.1) is 0 Å². The predicted octanol–water partition coefficient (Wildman–Crippen LogP) is 11.5. The lowest BCUT2D eigenvalue weighted by Gasteiger charge is -2.45. The SMILES string of the molecule is c1ccc(N2c3cccc4c3B(c3ccccc3N4c3ccc4c(c3)C3(CCCC3)c3ccccc3-4)c3c2ccc2c3-c3ccccc3C23CCCC3)cc1. The molecule has 0 unspecified atom stereocenters. The Kier molecular flexibility index (Phi) is 6.06. The zero-order valence-corrected chi connectivity index (χ0v) is 31.1. The van der Waals surface area contributed by atoms with E-state index in [9.17, 15) is 0 Å². The summed E-state index contributed by atoms with van der Waals surface area (Å²) in [5, 5.41) is 0. The molecule has 2 spiro atoms. The average molecular weight is 705 g/mol. The molecule has 2 heterocycles. The molecule has 0 N–H and O–H groups in total. The highest BCUT2D eigenvalue weighted by molar-refractivity contribution is 7.01. The van der Waals surface area contributed by atoms with Crippen molar-refractivity contribution >= 4 is 57.2 Å². The number of hydrogen-bond acceptors (Lipinski definition) is 2. The number of rotatable bonds is 2. The maximum Gasteiger partial charge on any atom is 0.252 e. The predicted molar refractivity (Wildman–Crippen MR) is 230 cm³/mol. The number of anilines is 6. The van der Waals surface area contributed by atoms with Crippen LogP contribution in [0.3, 0.4) is 0 Å². The van der Waals surface area contributed by atoms with E-state index in [0.717, 1.165) is 0 Å². The first-order valence-corrected chi connectivity index (χ1v) is 20.7. The van der Waals surface area contributed by atoms with Crippen molar-refractivity contribution < 1.29 is 0 Å². The minimum Gasteiger partial charge on any atom is -0.311 e. The van der Waals surface area contributed by atoms with Gasteiger partial charge in [0, 0.05) is 45.0 Å². The molecule has 7 aromatic carbocycles. The van der Waals surface area contributed by atoms with Crippen molar-refractivity contribution in [1.82, 2.24) is 0 Å². The fraction of sp³-hybridized carbons (Fsp3) is 0.192. The van der Waals surface area contributed by atoms with Crippen LogP contribution in [0, 0.1) is 0 Å². The Labute approximate surface area is 324 Å². The van der Waals surface area contributed by atoms with Crippen LogP contribution < -0.4 is 26.2 Å². The summed E-state index contributed by atoms with van der Waals surface area (Å²) in [5.74, 6) is 0. The van der Waals surface area contributed by atoms with Crippen LogP contribution in [-0.4, -0.2) is 6.71 Å². The third-order valence-electron chi connectivity index (χ3n) is 14.7. The second-order valence-electron chi connectivity index (χ2n) is 17.0. The highest BCUT2D eigenvalue weighted by atomic mass is 15.2. The first kappa shape index (κ1) is 30.5. The minimum absolute atomic E-state index is 0.105. The second kappa shape index (κ2) is 10.9. The molecule has 55 heavy (non-hydrogen) atoms. The van der Waals surface area contributed by atoms with Gasteiger partial charge in [-0.25, -0.2) is 0 Å². The Morgan fingerprint density at radius 3 is 1.71 bits per heavy atom. The Bertz CT molecular complexity index is 2750. The normalized spacial score (nSPS) is 18.1. The van der Waals surface area contributed by atoms with Gasteiger partial charge in [0.1, 0.15) is 0 Å². The zero-order chi connectivity index (χ0) is 35.9. The van der Waals surface area contributed by atoms with E-state index in [0.29, 0.717) is 0 Å². The topological polar surface area (TPSA) is 6.48 Å². The van der Waals surface area contributed by atoms with E-state index >= 15 is 0 Å². The third kappa shape index (κ3) is 3.77. The van der Waals surface area contributed by atoms with E-state index in [-0.39, 0.29) is 17.5 Å². The highest BCUT2D eigenvalue weighted by Gasteiger charge is 2.51. The van der Waals surface area contributed by atoms with Gasteiger partial charge < -0.3 is 9.80 Å². The molecule has 7 aromatic rings. The average Bonchev–Trinajstić information content (AvgIpc) is 4.05. The molecule has 2 saturated carbocycles. The van der Waals surface area contributed by atoms with Crippen molar-refractivity contribution in [2.24, 2.45) is 0 Å². The van der Waals surface area contributed by atoms with Crippen molar-refractivity contribution in [2.45, 2.75) is 62.2 Å². The summed E-state index contributed by atoms with van der Waals surface area (Å²) in [6.07, 6.45) is 10.1. The van der Waals surface area contributed by atoms with Gasteiger partial charge in [-0.2, -0.15) is 0 Å². The van der Waals surface area contributed by atoms with Crippen molar-refractivity contribution in [3.63, 3.8) is 0 Å². The minimum atomic E-state index is 0.105. The summed E-state index contributed by atoms with van der Waals surface area (Å²) >= 11 is 0. The molecule has 2 aliphatic heterocycles. The van der Waals surface area contributed by atoms with E-state index in [1.165, 1.54) is 130 Å². The standard InChI is InChI=1S/C52H41BN2/c1-2-15-34(16-3-1)54-45-23-14-24-46-49(45)53(50-47(54)28-27-41-48(50)38-18-5-7-20-40(38)51(41)29-10-11-30-51)43-21-8-9-22-44(43)55(46)35-25-26-37-36-17-4-6-19-39(36)52(42(37)33-35)31-12-13-32-52/h1-9,14-28,33H,10-13,29-32H2. The molecule has 262 valence electrons. The van der Waals surface area contributed by atoms with E-state index in [1.54, 1.807) is 16.7 Å². The van der Waals surface area contributed by atoms with Gasteiger partial charge in [0.15, 0.2) is 0 Å². The Hall–Kier alpha value is -5.80. The summed E-state index contributed by atoms with van der Waals surface area (Å²) in [6.45, 7) is 0.105. The van der Waals surface area contributed by atoms with Crippen LogP contribution in [0.1, 0.15) is 73.6 Å².